The van der Waals surface area contributed by atoms with Crippen molar-refractivity contribution in [2.24, 2.45) is 0 Å². The Morgan fingerprint density at radius 1 is 1.16 bits per heavy atom. The van der Waals surface area contributed by atoms with Crippen molar-refractivity contribution in [2.45, 2.75) is 20.3 Å². The zero-order valence-corrected chi connectivity index (χ0v) is 15.8. The third-order valence-corrected chi connectivity index (χ3v) is 4.47. The lowest BCUT2D eigenvalue weighted by atomic mass is 10.1. The van der Waals surface area contributed by atoms with Crippen molar-refractivity contribution >= 4 is 44.5 Å². The second-order valence-corrected chi connectivity index (χ2v) is 6.81. The highest BCUT2D eigenvalue weighted by molar-refractivity contribution is 9.10. The van der Waals surface area contributed by atoms with Gasteiger partial charge >= 0.3 is 0 Å². The Labute approximate surface area is 155 Å². The van der Waals surface area contributed by atoms with Gasteiger partial charge in [-0.15, -0.1) is 0 Å². The van der Waals surface area contributed by atoms with E-state index in [0.29, 0.717) is 0 Å². The molecule has 25 heavy (non-hydrogen) atoms. The average molecular weight is 395 g/mol. The minimum atomic E-state index is -0.161. The van der Waals surface area contributed by atoms with Crippen LogP contribution in [0, 0.1) is 6.92 Å². The van der Waals surface area contributed by atoms with Gasteiger partial charge in [0.15, 0.2) is 0 Å². The number of pyridine rings is 1. The van der Waals surface area contributed by atoms with Crippen LogP contribution in [-0.4, -0.2) is 10.9 Å². The number of carbonyl (C=O) groups excluding carboxylic acids is 1. The monoisotopic (exact) mass is 394 g/mol. The fourth-order valence-electron chi connectivity index (χ4n) is 2.64. The molecule has 0 saturated heterocycles. The zero-order valence-electron chi connectivity index (χ0n) is 14.2. The molecular formula is C21H19BrN2O. The minimum absolute atomic E-state index is 0.161. The van der Waals surface area contributed by atoms with E-state index in [4.69, 9.17) is 0 Å². The molecule has 1 heterocycles. The molecule has 0 aliphatic carbocycles. The smallest absolute Gasteiger partial charge is 0.248 e. The Balaban J connectivity index is 1.81. The van der Waals surface area contributed by atoms with Gasteiger partial charge in [-0.25, -0.2) is 0 Å². The van der Waals surface area contributed by atoms with Gasteiger partial charge in [-0.3, -0.25) is 9.78 Å². The van der Waals surface area contributed by atoms with Crippen LogP contribution >= 0.6 is 15.9 Å². The van der Waals surface area contributed by atoms with Crippen LogP contribution < -0.4 is 5.32 Å². The summed E-state index contributed by atoms with van der Waals surface area (Å²) in [6.45, 7) is 4.04. The van der Waals surface area contributed by atoms with E-state index in [0.717, 1.165) is 38.7 Å². The molecule has 3 nitrogen and oxygen atoms in total. The third-order valence-electron chi connectivity index (χ3n) is 3.97. The summed E-state index contributed by atoms with van der Waals surface area (Å²) in [7, 11) is 0. The molecular weight excluding hydrogens is 376 g/mol. The molecule has 0 fully saturated rings. The summed E-state index contributed by atoms with van der Waals surface area (Å²) in [6, 6.07) is 15.9. The van der Waals surface area contributed by atoms with E-state index in [9.17, 15) is 4.79 Å². The molecule has 0 unspecified atom stereocenters. The van der Waals surface area contributed by atoms with Crippen LogP contribution in [0.4, 0.5) is 5.69 Å². The molecule has 4 heteroatoms. The van der Waals surface area contributed by atoms with Crippen molar-refractivity contribution < 1.29 is 4.79 Å². The number of fused-ring (bicyclic) bond motifs is 1. The van der Waals surface area contributed by atoms with Crippen LogP contribution in [0.3, 0.4) is 0 Å². The Bertz CT molecular complexity index is 946. The predicted octanol–water partition coefficient (Wildman–Crippen LogP) is 5.52. The van der Waals surface area contributed by atoms with E-state index in [-0.39, 0.29) is 5.91 Å². The second-order valence-electron chi connectivity index (χ2n) is 5.89. The first kappa shape index (κ1) is 17.4. The van der Waals surface area contributed by atoms with Crippen molar-refractivity contribution in [2.75, 3.05) is 5.32 Å². The van der Waals surface area contributed by atoms with Crippen LogP contribution in [0.5, 0.6) is 0 Å². The molecule has 3 aromatic rings. The summed E-state index contributed by atoms with van der Waals surface area (Å²) >= 11 is 3.47. The molecule has 1 N–H and O–H groups in total. The maximum Gasteiger partial charge on any atom is 0.248 e. The Kier molecular flexibility index (Phi) is 5.29. The van der Waals surface area contributed by atoms with Gasteiger partial charge < -0.3 is 5.32 Å². The van der Waals surface area contributed by atoms with Gasteiger partial charge in [0.1, 0.15) is 0 Å². The summed E-state index contributed by atoms with van der Waals surface area (Å²) in [4.78, 5) is 16.8. The van der Waals surface area contributed by atoms with Gasteiger partial charge in [0.25, 0.3) is 0 Å². The van der Waals surface area contributed by atoms with Gasteiger partial charge in [-0.2, -0.15) is 0 Å². The highest BCUT2D eigenvalue weighted by Gasteiger charge is 2.07. The molecule has 1 aromatic heterocycles. The van der Waals surface area contributed by atoms with Gasteiger partial charge in [0.05, 0.1) is 11.2 Å². The van der Waals surface area contributed by atoms with Crippen LogP contribution in [0.1, 0.15) is 23.7 Å². The summed E-state index contributed by atoms with van der Waals surface area (Å²) in [5.41, 5.74) is 4.78. The van der Waals surface area contributed by atoms with Crippen molar-refractivity contribution in [1.82, 2.24) is 4.98 Å². The summed E-state index contributed by atoms with van der Waals surface area (Å²) in [5.74, 6) is -0.161. The minimum Gasteiger partial charge on any atom is -0.322 e. The molecule has 0 aliphatic rings. The maximum atomic E-state index is 12.3. The van der Waals surface area contributed by atoms with E-state index in [1.807, 2.05) is 49.4 Å². The van der Waals surface area contributed by atoms with Crippen LogP contribution in [0.2, 0.25) is 0 Å². The van der Waals surface area contributed by atoms with Crippen LogP contribution in [0.25, 0.3) is 17.0 Å². The van der Waals surface area contributed by atoms with Crippen molar-refractivity contribution in [1.29, 1.82) is 0 Å². The molecule has 0 saturated carbocycles. The van der Waals surface area contributed by atoms with Gasteiger partial charge in [0, 0.05) is 21.6 Å². The number of halogens is 1. The van der Waals surface area contributed by atoms with Crippen molar-refractivity contribution in [3.05, 3.63) is 75.9 Å². The van der Waals surface area contributed by atoms with E-state index in [2.05, 4.69) is 45.3 Å². The van der Waals surface area contributed by atoms with E-state index in [1.54, 1.807) is 6.08 Å². The number of nitrogens with one attached hydrogen (secondary N) is 1. The summed E-state index contributed by atoms with van der Waals surface area (Å²) in [6.07, 6.45) is 4.38. The standard InChI is InChI=1S/C21H19BrN2O/c1-3-15-4-6-16(7-5-15)8-11-21(25)24-20-12-14(2)23-19-10-9-17(22)13-18(19)20/h4-13H,3H2,1-2H3,(H,23,24,25)/b11-8+. The largest absolute Gasteiger partial charge is 0.322 e. The molecule has 0 radical (unpaired) electrons. The van der Waals surface area contributed by atoms with Gasteiger partial charge in [0.2, 0.25) is 5.91 Å². The molecule has 0 atom stereocenters. The quantitative estimate of drug-likeness (QED) is 0.591. The van der Waals surface area contributed by atoms with Gasteiger partial charge in [-0.05, 0) is 54.8 Å². The number of benzene rings is 2. The zero-order chi connectivity index (χ0) is 17.8. The van der Waals surface area contributed by atoms with Crippen LogP contribution in [0.15, 0.2) is 59.1 Å². The van der Waals surface area contributed by atoms with Gasteiger partial charge in [-0.1, -0.05) is 47.1 Å². The first-order valence-corrected chi connectivity index (χ1v) is 8.99. The maximum absolute atomic E-state index is 12.3. The first-order chi connectivity index (χ1) is 12.0. The number of aryl methyl sites for hydroxylation is 2. The van der Waals surface area contributed by atoms with Crippen molar-refractivity contribution in [3.8, 4) is 0 Å². The number of anilines is 1. The number of amides is 1. The number of carbonyl (C=O) groups is 1. The fraction of sp³-hybridized carbons (Fsp3) is 0.143. The lowest BCUT2D eigenvalue weighted by molar-refractivity contribution is -0.111. The topological polar surface area (TPSA) is 42.0 Å². The van der Waals surface area contributed by atoms with E-state index < -0.39 is 0 Å². The Hall–Kier alpha value is -2.46. The number of nitrogens with zero attached hydrogens (tertiary/aromatic N) is 1. The highest BCUT2D eigenvalue weighted by atomic mass is 79.9. The fourth-order valence-corrected chi connectivity index (χ4v) is 3.01. The molecule has 3 rings (SSSR count). The van der Waals surface area contributed by atoms with E-state index in [1.165, 1.54) is 5.56 Å². The summed E-state index contributed by atoms with van der Waals surface area (Å²) < 4.78 is 0.952. The normalized spacial score (nSPS) is 11.2. The lowest BCUT2D eigenvalue weighted by Gasteiger charge is -2.09. The number of hydrogen-bond acceptors (Lipinski definition) is 2. The van der Waals surface area contributed by atoms with Crippen LogP contribution in [-0.2, 0) is 11.2 Å². The highest BCUT2D eigenvalue weighted by Crippen LogP contribution is 2.26. The molecule has 126 valence electrons. The third kappa shape index (κ3) is 4.34. The molecule has 0 spiro atoms. The Morgan fingerprint density at radius 2 is 1.92 bits per heavy atom. The van der Waals surface area contributed by atoms with E-state index >= 15 is 0 Å². The Morgan fingerprint density at radius 3 is 2.64 bits per heavy atom. The number of rotatable bonds is 4. The predicted molar refractivity (Wildman–Crippen MR) is 108 cm³/mol. The summed E-state index contributed by atoms with van der Waals surface area (Å²) in [5, 5.41) is 3.87. The molecule has 0 aliphatic heterocycles. The number of aromatic nitrogens is 1. The SMILES string of the molecule is CCc1ccc(/C=C/C(=O)Nc2cc(C)nc3ccc(Br)cc23)cc1. The molecule has 1 amide bonds. The molecule has 0 bridgehead atoms. The number of hydrogen-bond donors (Lipinski definition) is 1. The first-order valence-electron chi connectivity index (χ1n) is 8.20. The second kappa shape index (κ2) is 7.62. The average Bonchev–Trinajstić information content (AvgIpc) is 2.61. The lowest BCUT2D eigenvalue weighted by Crippen LogP contribution is -2.08. The molecule has 2 aromatic carbocycles. The van der Waals surface area contributed by atoms with Crippen molar-refractivity contribution in [3.63, 3.8) is 0 Å².